The highest BCUT2D eigenvalue weighted by Crippen LogP contribution is 2.26. The molecule has 0 saturated carbocycles. The van der Waals surface area contributed by atoms with Crippen LogP contribution in [0.1, 0.15) is 232 Å². The number of aliphatic carboxylic acids is 1. The van der Waals surface area contributed by atoms with E-state index in [9.17, 15) is 29.7 Å². The van der Waals surface area contributed by atoms with Gasteiger partial charge in [-0.15, -0.1) is 0 Å². The van der Waals surface area contributed by atoms with Gasteiger partial charge in [0.15, 0.2) is 6.23 Å². The van der Waals surface area contributed by atoms with Gasteiger partial charge < -0.3 is 35.4 Å². The predicted molar refractivity (Wildman–Crippen MR) is 227 cm³/mol. The van der Waals surface area contributed by atoms with Gasteiger partial charge in [0.1, 0.15) is 24.4 Å². The predicted octanol–water partition coefficient (Wildman–Crippen LogP) is 10.1. The van der Waals surface area contributed by atoms with Crippen molar-refractivity contribution in [3.63, 3.8) is 0 Å². The summed E-state index contributed by atoms with van der Waals surface area (Å²) in [5.41, 5.74) is 0. The van der Waals surface area contributed by atoms with Crippen molar-refractivity contribution in [2.75, 3.05) is 13.2 Å². The Hall–Kier alpha value is -1.75. The summed E-state index contributed by atoms with van der Waals surface area (Å²) in [5.74, 6) is -1.25. The van der Waals surface area contributed by atoms with Crippen LogP contribution in [0.15, 0.2) is 0 Å². The number of aliphatic hydroxyl groups is 3. The first-order valence-corrected chi connectivity index (χ1v) is 23.7. The molecule has 0 bridgehead atoms. The summed E-state index contributed by atoms with van der Waals surface area (Å²) in [6.45, 7) is 4.40. The first kappa shape index (κ1) is 52.3. The van der Waals surface area contributed by atoms with Crippen molar-refractivity contribution in [2.45, 2.75) is 263 Å². The maximum atomic E-state index is 13.9. The van der Waals surface area contributed by atoms with E-state index in [0.717, 1.165) is 44.9 Å². The van der Waals surface area contributed by atoms with E-state index in [1.54, 1.807) is 4.90 Å². The van der Waals surface area contributed by atoms with Crippen molar-refractivity contribution < 1.29 is 39.5 Å². The van der Waals surface area contributed by atoms with Crippen molar-refractivity contribution in [2.24, 2.45) is 0 Å². The summed E-state index contributed by atoms with van der Waals surface area (Å²) in [6, 6.07) is -1.05. The number of carbonyl (C=O) groups is 3. The third-order valence-electron chi connectivity index (χ3n) is 11.6. The number of nitrogens with zero attached hydrogens (tertiary/aromatic N) is 1. The zero-order valence-corrected chi connectivity index (χ0v) is 36.2. The Morgan fingerprint density at radius 2 is 0.893 bits per heavy atom. The Balaban J connectivity index is 2.70. The molecule has 0 aliphatic carbocycles. The normalized spacial score (nSPS) is 19.6. The first-order chi connectivity index (χ1) is 27.3. The average Bonchev–Trinajstić information content (AvgIpc) is 3.18. The zero-order valence-electron chi connectivity index (χ0n) is 36.2. The van der Waals surface area contributed by atoms with Crippen molar-refractivity contribution >= 4 is 17.8 Å². The van der Waals surface area contributed by atoms with Gasteiger partial charge in [-0.2, -0.15) is 0 Å². The van der Waals surface area contributed by atoms with E-state index in [1.165, 1.54) is 128 Å². The molecule has 1 fully saturated rings. The SMILES string of the molecule is CCCCCCCCCCCCCCCCCC(=O)N(CCCCCCCCCCCCCC)[C@@H]1O[C@H](CO)[C@H](O)[C@H](O)[C@@H]1NC(=O)CCCCCCC(=O)O. The molecular weight excluding hydrogens is 709 g/mol. The Labute approximate surface area is 342 Å². The standard InChI is InChI=1S/C46H88N2O8/c1-3-5-7-9-11-13-15-17-18-19-20-22-24-26-31-35-41(51)48(37-33-29-25-23-21-16-14-12-10-8-6-4-2)46-43(45(55)44(54)39(38-49)56-46)47-40(50)34-30-27-28-32-36-42(52)53/h39,43-46,49,54-55H,3-38H2,1-2H3,(H,47,50)(H,52,53)/t39-,43+,44+,45-,46-/m1/s1. The molecule has 5 N–H and O–H groups in total. The Morgan fingerprint density at radius 1 is 0.518 bits per heavy atom. The summed E-state index contributed by atoms with van der Waals surface area (Å²) < 4.78 is 6.16. The van der Waals surface area contributed by atoms with Gasteiger partial charge >= 0.3 is 5.97 Å². The number of nitrogens with one attached hydrogen (secondary N) is 1. The van der Waals surface area contributed by atoms with Gasteiger partial charge in [0.05, 0.1) is 6.61 Å². The number of rotatable bonds is 39. The van der Waals surface area contributed by atoms with E-state index in [4.69, 9.17) is 9.84 Å². The second-order valence-electron chi connectivity index (χ2n) is 16.8. The largest absolute Gasteiger partial charge is 0.481 e. The topological polar surface area (TPSA) is 157 Å². The highest BCUT2D eigenvalue weighted by molar-refractivity contribution is 5.78. The second-order valence-corrected chi connectivity index (χ2v) is 16.8. The van der Waals surface area contributed by atoms with Crippen LogP contribution in [-0.4, -0.2) is 86.8 Å². The monoisotopic (exact) mass is 797 g/mol. The molecule has 0 aromatic carbocycles. The Kier molecular flexibility index (Phi) is 33.9. The Bertz CT molecular complexity index is 952. The highest BCUT2D eigenvalue weighted by atomic mass is 16.5. The minimum Gasteiger partial charge on any atom is -0.481 e. The smallest absolute Gasteiger partial charge is 0.303 e. The molecule has 0 unspecified atom stereocenters. The van der Waals surface area contributed by atoms with Gasteiger partial charge in [-0.25, -0.2) is 0 Å². The molecule has 1 saturated heterocycles. The molecule has 56 heavy (non-hydrogen) atoms. The van der Waals surface area contributed by atoms with Crippen molar-refractivity contribution in [1.82, 2.24) is 10.2 Å². The van der Waals surface area contributed by atoms with E-state index in [-0.39, 0.29) is 24.7 Å². The number of hydrogen-bond donors (Lipinski definition) is 5. The fourth-order valence-electron chi connectivity index (χ4n) is 8.00. The third kappa shape index (κ3) is 26.3. The van der Waals surface area contributed by atoms with Crippen LogP contribution in [0.4, 0.5) is 0 Å². The van der Waals surface area contributed by atoms with E-state index < -0.39 is 43.2 Å². The van der Waals surface area contributed by atoms with Crippen molar-refractivity contribution in [1.29, 1.82) is 0 Å². The summed E-state index contributed by atoms with van der Waals surface area (Å²) in [5, 5.41) is 43.8. The quantitative estimate of drug-likeness (QED) is 0.0385. The van der Waals surface area contributed by atoms with Gasteiger partial charge in [-0.3, -0.25) is 14.4 Å². The van der Waals surface area contributed by atoms with Crippen LogP contribution in [0, 0.1) is 0 Å². The molecule has 10 nitrogen and oxygen atoms in total. The highest BCUT2D eigenvalue weighted by Gasteiger charge is 2.48. The lowest BCUT2D eigenvalue weighted by molar-refractivity contribution is -0.231. The number of carboxylic acids is 1. The molecule has 330 valence electrons. The number of ether oxygens (including phenoxy) is 1. The molecule has 5 atom stereocenters. The lowest BCUT2D eigenvalue weighted by atomic mass is 9.94. The minimum atomic E-state index is -1.42. The van der Waals surface area contributed by atoms with Gasteiger partial charge in [-0.05, 0) is 25.7 Å². The number of amides is 2. The van der Waals surface area contributed by atoms with E-state index in [1.807, 2.05) is 0 Å². The first-order valence-electron chi connectivity index (χ1n) is 23.7. The number of unbranched alkanes of at least 4 members (excludes halogenated alkanes) is 28. The van der Waals surface area contributed by atoms with Crippen LogP contribution in [0.2, 0.25) is 0 Å². The summed E-state index contributed by atoms with van der Waals surface area (Å²) in [4.78, 5) is 39.5. The lowest BCUT2D eigenvalue weighted by Gasteiger charge is -2.47. The van der Waals surface area contributed by atoms with Crippen molar-refractivity contribution in [3.05, 3.63) is 0 Å². The molecule has 1 aliphatic rings. The zero-order chi connectivity index (χ0) is 41.1. The molecule has 0 aromatic heterocycles. The molecule has 1 rings (SSSR count). The van der Waals surface area contributed by atoms with Crippen LogP contribution in [-0.2, 0) is 19.1 Å². The molecule has 1 heterocycles. The van der Waals surface area contributed by atoms with Gasteiger partial charge in [-0.1, -0.05) is 187 Å². The molecule has 2 amide bonds. The maximum Gasteiger partial charge on any atom is 0.303 e. The van der Waals surface area contributed by atoms with Crippen LogP contribution in [0.3, 0.4) is 0 Å². The molecule has 10 heteroatoms. The average molecular weight is 797 g/mol. The van der Waals surface area contributed by atoms with Crippen LogP contribution >= 0.6 is 0 Å². The van der Waals surface area contributed by atoms with Crippen LogP contribution in [0.5, 0.6) is 0 Å². The van der Waals surface area contributed by atoms with E-state index in [0.29, 0.717) is 38.6 Å². The van der Waals surface area contributed by atoms with E-state index >= 15 is 0 Å². The summed E-state index contributed by atoms with van der Waals surface area (Å²) in [7, 11) is 0. The van der Waals surface area contributed by atoms with Crippen LogP contribution in [0.25, 0.3) is 0 Å². The molecular formula is C46H88N2O8. The molecule has 0 radical (unpaired) electrons. The number of carboxylic acid groups (broad SMARTS) is 1. The number of hydrogen-bond acceptors (Lipinski definition) is 7. The summed E-state index contributed by atoms with van der Waals surface area (Å²) in [6.07, 6.45) is 31.2. The molecule has 0 aromatic rings. The number of aliphatic hydroxyl groups excluding tert-OH is 3. The van der Waals surface area contributed by atoms with Crippen molar-refractivity contribution in [3.8, 4) is 0 Å². The number of carbonyl (C=O) groups excluding carboxylic acids is 2. The second kappa shape index (κ2) is 36.3. The minimum absolute atomic E-state index is 0.0919. The van der Waals surface area contributed by atoms with Crippen LogP contribution < -0.4 is 5.32 Å². The van der Waals surface area contributed by atoms with E-state index in [2.05, 4.69) is 19.2 Å². The van der Waals surface area contributed by atoms with Gasteiger partial charge in [0.25, 0.3) is 0 Å². The fourth-order valence-corrected chi connectivity index (χ4v) is 8.00. The van der Waals surface area contributed by atoms with Gasteiger partial charge in [0.2, 0.25) is 11.8 Å². The Morgan fingerprint density at radius 3 is 1.30 bits per heavy atom. The third-order valence-corrected chi connectivity index (χ3v) is 11.6. The molecule has 1 aliphatic heterocycles. The lowest BCUT2D eigenvalue weighted by Crippen LogP contribution is -2.68. The molecule has 0 spiro atoms. The fraction of sp³-hybridized carbons (Fsp3) is 0.935. The maximum absolute atomic E-state index is 13.9. The van der Waals surface area contributed by atoms with Gasteiger partial charge in [0, 0.05) is 25.8 Å². The summed E-state index contributed by atoms with van der Waals surface area (Å²) >= 11 is 0.